The zero-order valence-corrected chi connectivity index (χ0v) is 12.5. The summed E-state index contributed by atoms with van der Waals surface area (Å²) in [6.45, 7) is 2.04. The van der Waals surface area contributed by atoms with Crippen molar-refractivity contribution in [3.05, 3.63) is 34.4 Å². The maximum Gasteiger partial charge on any atom is 0.324 e. The molecule has 0 fully saturated rings. The molecule has 0 saturated carbocycles. The van der Waals surface area contributed by atoms with Gasteiger partial charge in [-0.25, -0.2) is 0 Å². The number of unbranched alkanes of at least 4 members (excludes halogenated alkanes) is 1. The number of esters is 1. The topological polar surface area (TPSA) is 123 Å². The molecular formula is C12H16NO7S. The van der Waals surface area contributed by atoms with Crippen LogP contribution in [0.1, 0.15) is 26.2 Å². The summed E-state index contributed by atoms with van der Waals surface area (Å²) >= 11 is 0. The van der Waals surface area contributed by atoms with Crippen LogP contribution in [0.25, 0.3) is 0 Å². The van der Waals surface area contributed by atoms with Crippen LogP contribution >= 0.6 is 0 Å². The van der Waals surface area contributed by atoms with Gasteiger partial charge in [-0.05, 0) is 18.6 Å². The van der Waals surface area contributed by atoms with Gasteiger partial charge in [-0.3, -0.25) is 14.9 Å². The van der Waals surface area contributed by atoms with Crippen molar-refractivity contribution in [1.82, 2.24) is 0 Å². The summed E-state index contributed by atoms with van der Waals surface area (Å²) in [4.78, 5) is 19.3. The average Bonchev–Trinajstić information content (AvgIpc) is 2.44. The number of nitrogens with zero attached hydrogens (tertiary/aromatic N) is 1. The Labute approximate surface area is 122 Å². The largest absolute Gasteiger partial charge is 0.469 e. The molecule has 9 heteroatoms. The van der Waals surface area contributed by atoms with Crippen LogP contribution in [0.3, 0.4) is 0 Å². The molecule has 1 radical (unpaired) electrons. The first-order valence-electron chi connectivity index (χ1n) is 5.99. The van der Waals surface area contributed by atoms with E-state index in [4.69, 9.17) is 0 Å². The fraction of sp³-hybridized carbons (Fsp3) is 0.417. The zero-order chi connectivity index (χ0) is 16.5. The molecule has 0 aliphatic rings. The van der Waals surface area contributed by atoms with Crippen LogP contribution in [-0.2, 0) is 24.2 Å². The molecule has 0 bridgehead atoms. The Morgan fingerprint density at radius 1 is 1.29 bits per heavy atom. The highest BCUT2D eigenvalue weighted by molar-refractivity contribution is 7.85. The van der Waals surface area contributed by atoms with Crippen LogP contribution in [0.5, 0.6) is 0 Å². The van der Waals surface area contributed by atoms with E-state index in [1.54, 1.807) is 0 Å². The number of carbonyl (C=O) groups is 1. The van der Waals surface area contributed by atoms with Crippen LogP contribution in [0.4, 0.5) is 5.69 Å². The minimum absolute atomic E-state index is 0.105. The normalized spacial score (nSPS) is 10.2. The molecule has 0 aromatic heterocycles. The number of rotatable bonds is 5. The minimum atomic E-state index is -4.52. The second-order valence-electron chi connectivity index (χ2n) is 3.88. The molecule has 0 heterocycles. The van der Waals surface area contributed by atoms with Crippen molar-refractivity contribution in [3.8, 4) is 0 Å². The lowest BCUT2D eigenvalue weighted by Gasteiger charge is -1.93. The first-order chi connectivity index (χ1) is 9.72. The molecule has 0 amide bonds. The van der Waals surface area contributed by atoms with E-state index in [9.17, 15) is 27.9 Å². The molecule has 8 nitrogen and oxygen atoms in total. The Balaban J connectivity index is 0.000000433. The van der Waals surface area contributed by atoms with Gasteiger partial charge >= 0.3 is 16.1 Å². The number of nitro groups is 1. The Morgan fingerprint density at radius 2 is 1.81 bits per heavy atom. The third-order valence-corrected chi connectivity index (χ3v) is 3.15. The van der Waals surface area contributed by atoms with Crippen molar-refractivity contribution in [2.75, 3.05) is 7.11 Å². The lowest BCUT2D eigenvalue weighted by Crippen LogP contribution is -1.98. The van der Waals surface area contributed by atoms with E-state index in [0.717, 1.165) is 37.1 Å². The van der Waals surface area contributed by atoms with Gasteiger partial charge in [0.25, 0.3) is 5.69 Å². The molecule has 0 aliphatic carbocycles. The molecule has 1 rings (SSSR count). The van der Waals surface area contributed by atoms with E-state index in [-0.39, 0.29) is 11.7 Å². The Kier molecular flexibility index (Phi) is 8.17. The summed E-state index contributed by atoms with van der Waals surface area (Å²) < 4.78 is 35.6. The molecule has 0 unspecified atom stereocenters. The monoisotopic (exact) mass is 318 g/mol. The van der Waals surface area contributed by atoms with Gasteiger partial charge in [-0.2, -0.15) is 8.42 Å². The van der Waals surface area contributed by atoms with Gasteiger partial charge in [0.2, 0.25) is 0 Å². The van der Waals surface area contributed by atoms with E-state index in [1.807, 2.05) is 6.92 Å². The number of non-ortho nitro benzene ring substituents is 1. The smallest absolute Gasteiger partial charge is 0.324 e. The summed E-state index contributed by atoms with van der Waals surface area (Å²) in [6.07, 6.45) is 2.55. The highest BCUT2D eigenvalue weighted by Gasteiger charge is 2.13. The van der Waals surface area contributed by atoms with Crippen molar-refractivity contribution in [1.29, 1.82) is 0 Å². The van der Waals surface area contributed by atoms with Gasteiger partial charge in [0.05, 0.1) is 16.9 Å². The lowest BCUT2D eigenvalue weighted by molar-refractivity contribution is -0.384. The lowest BCUT2D eigenvalue weighted by atomic mass is 10.3. The summed E-state index contributed by atoms with van der Waals surface area (Å²) in [5.74, 6) is -0.105. The van der Waals surface area contributed by atoms with Gasteiger partial charge in [0.15, 0.2) is 0 Å². The zero-order valence-electron chi connectivity index (χ0n) is 11.6. The standard InChI is InChI=1S/C6H4NO5S.C6H12O2/c8-7(9)5-1-3-6(4-2-5)13(10,11)12;1-3-4-5-6(7)8-2/h1-4H;3-5H2,1-2H3. The SMILES string of the molecule is CCCCC(=O)OC.[O]S(=O)(=O)c1ccc([N+](=O)[O-])cc1. The van der Waals surface area contributed by atoms with Crippen molar-refractivity contribution < 1.29 is 27.4 Å². The number of ether oxygens (including phenoxy) is 1. The maximum atomic E-state index is 10.4. The van der Waals surface area contributed by atoms with Crippen LogP contribution in [0.15, 0.2) is 29.2 Å². The summed E-state index contributed by atoms with van der Waals surface area (Å²) in [5, 5.41) is 10.1. The van der Waals surface area contributed by atoms with Gasteiger partial charge < -0.3 is 4.74 Å². The fourth-order valence-corrected chi connectivity index (χ4v) is 1.63. The quantitative estimate of drug-likeness (QED) is 0.465. The van der Waals surface area contributed by atoms with E-state index in [1.165, 1.54) is 7.11 Å². The van der Waals surface area contributed by atoms with E-state index in [2.05, 4.69) is 4.74 Å². The number of carbonyl (C=O) groups excluding carboxylic acids is 1. The van der Waals surface area contributed by atoms with Gasteiger partial charge in [0.1, 0.15) is 0 Å². The molecule has 0 atom stereocenters. The molecular weight excluding hydrogens is 302 g/mol. The van der Waals surface area contributed by atoms with Gasteiger partial charge in [-0.1, -0.05) is 17.9 Å². The molecule has 117 valence electrons. The first kappa shape index (κ1) is 19.0. The molecule has 0 spiro atoms. The Bertz CT molecular complexity index is 566. The van der Waals surface area contributed by atoms with Crippen LogP contribution < -0.4 is 0 Å². The van der Waals surface area contributed by atoms with Gasteiger partial charge in [0, 0.05) is 18.6 Å². The number of nitro benzene ring substituents is 1. The van der Waals surface area contributed by atoms with E-state index >= 15 is 0 Å². The summed E-state index contributed by atoms with van der Waals surface area (Å²) in [5.41, 5.74) is -0.257. The third kappa shape index (κ3) is 8.00. The Morgan fingerprint density at radius 3 is 2.14 bits per heavy atom. The van der Waals surface area contributed by atoms with Crippen molar-refractivity contribution in [2.24, 2.45) is 0 Å². The van der Waals surface area contributed by atoms with Crippen LogP contribution in [0, 0.1) is 10.1 Å². The van der Waals surface area contributed by atoms with Crippen molar-refractivity contribution in [3.63, 3.8) is 0 Å². The molecule has 0 N–H and O–H groups in total. The van der Waals surface area contributed by atoms with Crippen molar-refractivity contribution >= 4 is 21.8 Å². The second-order valence-corrected chi connectivity index (χ2v) is 5.26. The van der Waals surface area contributed by atoms with E-state index in [0.29, 0.717) is 6.42 Å². The number of hydrogen-bond donors (Lipinski definition) is 0. The predicted molar refractivity (Wildman–Crippen MR) is 72.5 cm³/mol. The first-order valence-corrected chi connectivity index (χ1v) is 7.40. The maximum absolute atomic E-state index is 10.4. The van der Waals surface area contributed by atoms with E-state index < -0.39 is 19.9 Å². The summed E-state index contributed by atoms with van der Waals surface area (Å²) in [6, 6.07) is 3.73. The Hall–Kier alpha value is -2.00. The van der Waals surface area contributed by atoms with Crippen molar-refractivity contribution in [2.45, 2.75) is 31.1 Å². The molecule has 0 saturated heterocycles. The minimum Gasteiger partial charge on any atom is -0.469 e. The van der Waals surface area contributed by atoms with Crippen LogP contribution in [0.2, 0.25) is 0 Å². The highest BCUT2D eigenvalue weighted by Crippen LogP contribution is 2.15. The summed E-state index contributed by atoms with van der Waals surface area (Å²) in [7, 11) is -3.10. The highest BCUT2D eigenvalue weighted by atomic mass is 32.2. The third-order valence-electron chi connectivity index (χ3n) is 2.30. The molecule has 21 heavy (non-hydrogen) atoms. The number of methoxy groups -OCH3 is 1. The fourth-order valence-electron chi connectivity index (χ4n) is 1.16. The van der Waals surface area contributed by atoms with Gasteiger partial charge in [-0.15, -0.1) is 0 Å². The molecule has 0 aliphatic heterocycles. The molecule has 1 aromatic rings. The second kappa shape index (κ2) is 9.03. The number of benzene rings is 1. The average molecular weight is 318 g/mol. The van der Waals surface area contributed by atoms with Crippen LogP contribution in [-0.4, -0.2) is 26.4 Å². The molecule has 1 aromatic carbocycles. The predicted octanol–water partition coefficient (Wildman–Crippen LogP) is 2.06. The number of hydrogen-bond acceptors (Lipinski definition) is 6.